The van der Waals surface area contributed by atoms with Gasteiger partial charge in [-0.3, -0.25) is 9.59 Å². The van der Waals surface area contributed by atoms with Crippen LogP contribution in [0.2, 0.25) is 0 Å². The van der Waals surface area contributed by atoms with Crippen LogP contribution in [0.25, 0.3) is 0 Å². The maximum Gasteiger partial charge on any atom is 0.311 e. The molecule has 4 aliphatic rings. The Labute approximate surface area is 261 Å². The van der Waals surface area contributed by atoms with Gasteiger partial charge in [-0.2, -0.15) is 0 Å². The van der Waals surface area contributed by atoms with Crippen molar-refractivity contribution in [3.05, 3.63) is 0 Å². The van der Waals surface area contributed by atoms with Gasteiger partial charge in [-0.1, -0.05) is 40.5 Å². The largest absolute Gasteiger partial charge is 0.462 e. The van der Waals surface area contributed by atoms with E-state index in [0.29, 0.717) is 12.5 Å². The summed E-state index contributed by atoms with van der Waals surface area (Å²) in [6.07, 6.45) is 10.3. The highest BCUT2D eigenvalue weighted by Gasteiger charge is 2.46. The average Bonchev–Trinajstić information content (AvgIpc) is 3.75. The summed E-state index contributed by atoms with van der Waals surface area (Å²) < 4.78 is 32.2. The van der Waals surface area contributed by atoms with Gasteiger partial charge in [0.05, 0.1) is 48.5 Å². The number of fused-ring (bicyclic) bond motifs is 4. The van der Waals surface area contributed by atoms with Crippen molar-refractivity contribution in [1.82, 2.24) is 4.90 Å². The summed E-state index contributed by atoms with van der Waals surface area (Å²) in [6.45, 7) is 12.6. The minimum Gasteiger partial charge on any atom is -0.462 e. The molecular weight excluding hydrogens is 546 g/mol. The molecule has 2 unspecified atom stereocenters. The number of carbonyl (C=O) groups is 2. The molecule has 4 fully saturated rings. The van der Waals surface area contributed by atoms with E-state index < -0.39 is 0 Å². The summed E-state index contributed by atoms with van der Waals surface area (Å²) in [6, 6.07) is 0.509. The molecule has 8 nitrogen and oxygen atoms in total. The third kappa shape index (κ3) is 8.74. The maximum absolute atomic E-state index is 13.7. The number of ether oxygens (including phenoxy) is 5. The van der Waals surface area contributed by atoms with Crippen LogP contribution in [0, 0.1) is 23.7 Å². The van der Waals surface area contributed by atoms with Crippen LogP contribution in [0.1, 0.15) is 119 Å². The molecule has 4 heterocycles. The van der Waals surface area contributed by atoms with E-state index in [1.165, 1.54) is 0 Å². The SMILES string of the molecule is CCCC(C[C@@H]1CC[C@H]([C@@H](C)C2OC(=O)[C@@H](C)[C@H]3CC[C@@H](C[C@H](CCC)OC(=O)[C@H](C)[C@H]4CC[C@H](O4)[C@H]2C)O3)O1)N(C)C. The number of carbonyl (C=O) groups excluding carboxylic acids is 2. The molecule has 0 aromatic rings. The van der Waals surface area contributed by atoms with E-state index in [2.05, 4.69) is 46.7 Å². The van der Waals surface area contributed by atoms with Gasteiger partial charge in [0.1, 0.15) is 12.2 Å². The lowest BCUT2D eigenvalue weighted by atomic mass is 9.84. The maximum atomic E-state index is 13.7. The molecule has 0 radical (unpaired) electrons. The molecule has 0 aliphatic carbocycles. The lowest BCUT2D eigenvalue weighted by molar-refractivity contribution is -0.175. The Balaban J connectivity index is 1.51. The Morgan fingerprint density at radius 3 is 2.09 bits per heavy atom. The van der Waals surface area contributed by atoms with E-state index in [9.17, 15) is 9.59 Å². The van der Waals surface area contributed by atoms with Gasteiger partial charge in [0, 0.05) is 24.3 Å². The van der Waals surface area contributed by atoms with Gasteiger partial charge in [-0.15, -0.1) is 0 Å². The summed E-state index contributed by atoms with van der Waals surface area (Å²) in [5.41, 5.74) is 0. The first-order valence-corrected chi connectivity index (χ1v) is 17.6. The quantitative estimate of drug-likeness (QED) is 0.282. The third-order valence-electron chi connectivity index (χ3n) is 11.0. The van der Waals surface area contributed by atoms with Crippen molar-refractivity contribution in [2.24, 2.45) is 23.7 Å². The normalized spacial score (nSPS) is 40.8. The topological polar surface area (TPSA) is 83.5 Å². The molecule has 0 aromatic carbocycles. The summed E-state index contributed by atoms with van der Waals surface area (Å²) in [5.74, 6) is -1.08. The molecule has 13 atom stereocenters. The zero-order chi connectivity index (χ0) is 31.3. The highest BCUT2D eigenvalue weighted by atomic mass is 16.6. The lowest BCUT2D eigenvalue weighted by Gasteiger charge is -2.36. The van der Waals surface area contributed by atoms with Crippen molar-refractivity contribution in [3.63, 3.8) is 0 Å². The smallest absolute Gasteiger partial charge is 0.311 e. The Kier molecular flexibility index (Phi) is 12.8. The van der Waals surface area contributed by atoms with E-state index in [0.717, 1.165) is 70.6 Å². The monoisotopic (exact) mass is 607 g/mol. The molecule has 8 heteroatoms. The van der Waals surface area contributed by atoms with Crippen LogP contribution < -0.4 is 0 Å². The molecule has 4 saturated heterocycles. The minimum atomic E-state index is -0.364. The predicted molar refractivity (Wildman–Crippen MR) is 167 cm³/mol. The van der Waals surface area contributed by atoms with Gasteiger partial charge in [-0.25, -0.2) is 0 Å². The fourth-order valence-electron chi connectivity index (χ4n) is 8.01. The van der Waals surface area contributed by atoms with Crippen LogP contribution in [0.3, 0.4) is 0 Å². The Hall–Kier alpha value is -1.22. The molecule has 4 bridgehead atoms. The average molecular weight is 608 g/mol. The van der Waals surface area contributed by atoms with E-state index in [-0.39, 0.29) is 84.4 Å². The van der Waals surface area contributed by atoms with Crippen LogP contribution in [0.15, 0.2) is 0 Å². The second kappa shape index (κ2) is 15.9. The van der Waals surface area contributed by atoms with Crippen LogP contribution in [-0.2, 0) is 33.3 Å². The molecule has 0 aromatic heterocycles. The summed E-state index contributed by atoms with van der Waals surface area (Å²) in [4.78, 5) is 29.3. The van der Waals surface area contributed by atoms with Gasteiger partial charge < -0.3 is 28.6 Å². The molecule has 0 N–H and O–H groups in total. The zero-order valence-corrected chi connectivity index (χ0v) is 28.3. The first-order chi connectivity index (χ1) is 20.5. The van der Waals surface area contributed by atoms with Gasteiger partial charge in [-0.05, 0) is 85.7 Å². The van der Waals surface area contributed by atoms with Gasteiger partial charge >= 0.3 is 11.9 Å². The second-order valence-electron chi connectivity index (χ2n) is 14.5. The number of rotatable bonds is 9. The standard InChI is InChI=1S/C35H61NO7/c1-9-11-25(36(7)8)19-27-13-15-29(39-27)21(3)33-22(4)30-17-18-32(42-30)24(6)34(37)41-26(12-10-2)20-28-14-16-31(40-28)23(5)35(38)43-33/h21-33H,9-20H2,1-8H3/t21-,22-,23+,24-,25?,26+,27+,28+,29-,30+,31-,32-,33?/m1/s1. The molecular formula is C35H61NO7. The Morgan fingerprint density at radius 2 is 1.42 bits per heavy atom. The van der Waals surface area contributed by atoms with Crippen molar-refractivity contribution in [2.45, 2.75) is 173 Å². The number of cyclic esters (lactones) is 2. The predicted octanol–water partition coefficient (Wildman–Crippen LogP) is 6.32. The fraction of sp³-hybridized carbons (Fsp3) is 0.943. The number of hydrogen-bond donors (Lipinski definition) is 0. The van der Waals surface area contributed by atoms with Crippen molar-refractivity contribution >= 4 is 11.9 Å². The van der Waals surface area contributed by atoms with Crippen molar-refractivity contribution in [1.29, 1.82) is 0 Å². The van der Waals surface area contributed by atoms with Crippen LogP contribution in [0.4, 0.5) is 0 Å². The second-order valence-corrected chi connectivity index (χ2v) is 14.5. The van der Waals surface area contributed by atoms with E-state index in [1.807, 2.05) is 13.8 Å². The third-order valence-corrected chi connectivity index (χ3v) is 11.0. The number of nitrogens with zero attached hydrogens (tertiary/aromatic N) is 1. The van der Waals surface area contributed by atoms with Crippen molar-refractivity contribution < 1.29 is 33.3 Å². The Bertz CT molecular complexity index is 897. The molecule has 0 saturated carbocycles. The zero-order valence-electron chi connectivity index (χ0n) is 28.3. The highest BCUT2D eigenvalue weighted by molar-refractivity contribution is 5.73. The van der Waals surface area contributed by atoms with Crippen molar-refractivity contribution in [3.8, 4) is 0 Å². The molecule has 0 spiro atoms. The van der Waals surface area contributed by atoms with Gasteiger partial charge in [0.15, 0.2) is 0 Å². The molecule has 0 amide bonds. The Morgan fingerprint density at radius 1 is 0.767 bits per heavy atom. The van der Waals surface area contributed by atoms with Gasteiger partial charge in [0.2, 0.25) is 0 Å². The first-order valence-electron chi connectivity index (χ1n) is 17.6. The first kappa shape index (κ1) is 34.6. The summed E-state index contributed by atoms with van der Waals surface area (Å²) in [5, 5.41) is 0. The van der Waals surface area contributed by atoms with Gasteiger partial charge in [0.25, 0.3) is 0 Å². The minimum absolute atomic E-state index is 0.0175. The van der Waals surface area contributed by atoms with E-state index >= 15 is 0 Å². The number of hydrogen-bond acceptors (Lipinski definition) is 8. The molecule has 4 aliphatic heterocycles. The van der Waals surface area contributed by atoms with Crippen LogP contribution in [-0.4, -0.2) is 85.8 Å². The van der Waals surface area contributed by atoms with Crippen LogP contribution >= 0.6 is 0 Å². The van der Waals surface area contributed by atoms with E-state index in [4.69, 9.17) is 23.7 Å². The lowest BCUT2D eigenvalue weighted by Crippen LogP contribution is -2.44. The molecule has 43 heavy (non-hydrogen) atoms. The molecule has 248 valence electrons. The van der Waals surface area contributed by atoms with Crippen LogP contribution in [0.5, 0.6) is 0 Å². The van der Waals surface area contributed by atoms with E-state index in [1.54, 1.807) is 0 Å². The summed E-state index contributed by atoms with van der Waals surface area (Å²) in [7, 11) is 4.32. The highest BCUT2D eigenvalue weighted by Crippen LogP contribution is 2.39. The molecule has 4 rings (SSSR count). The van der Waals surface area contributed by atoms with Crippen molar-refractivity contribution in [2.75, 3.05) is 14.1 Å². The number of esters is 2. The summed E-state index contributed by atoms with van der Waals surface area (Å²) >= 11 is 0. The fourth-order valence-corrected chi connectivity index (χ4v) is 8.01.